The summed E-state index contributed by atoms with van der Waals surface area (Å²) >= 11 is 0. The molecule has 0 bridgehead atoms. The van der Waals surface area contributed by atoms with Gasteiger partial charge in [-0.15, -0.1) is 0 Å². The molecule has 1 amide bonds. The van der Waals surface area contributed by atoms with E-state index in [1.54, 1.807) is 62.6 Å². The Labute approximate surface area is 200 Å². The van der Waals surface area contributed by atoms with Gasteiger partial charge in [0.25, 0.3) is 0 Å². The summed E-state index contributed by atoms with van der Waals surface area (Å²) in [5.74, 6) is 5.54. The molecule has 0 aliphatic rings. The average molecular weight is 466 g/mol. The monoisotopic (exact) mass is 466 g/mol. The van der Waals surface area contributed by atoms with E-state index in [1.165, 1.54) is 17.3 Å². The molecule has 2 aromatic carbocycles. The van der Waals surface area contributed by atoms with Gasteiger partial charge in [0.15, 0.2) is 0 Å². The van der Waals surface area contributed by atoms with Crippen LogP contribution in [0.1, 0.15) is 6.92 Å². The second-order valence-electron chi connectivity index (χ2n) is 7.59. The maximum atomic E-state index is 15.0. The lowest BCUT2D eigenvalue weighted by Crippen LogP contribution is -2.24. The predicted octanol–water partition coefficient (Wildman–Crippen LogP) is 4.94. The van der Waals surface area contributed by atoms with Gasteiger partial charge in [0.1, 0.15) is 35.1 Å². The third-order valence-corrected chi connectivity index (χ3v) is 5.34. The van der Waals surface area contributed by atoms with E-state index in [4.69, 9.17) is 4.74 Å². The first kappa shape index (κ1) is 21.9. The molecule has 0 unspecified atom stereocenters. The lowest BCUT2D eigenvalue weighted by Gasteiger charge is -2.16. The smallest absolute Gasteiger partial charge is 0.302 e. The van der Waals surface area contributed by atoms with Crippen molar-refractivity contribution in [2.24, 2.45) is 0 Å². The van der Waals surface area contributed by atoms with Crippen LogP contribution in [0.25, 0.3) is 16.6 Å². The Morgan fingerprint density at radius 3 is 2.74 bits per heavy atom. The number of nitrogens with zero attached hydrogens (tertiary/aromatic N) is 5. The first-order valence-corrected chi connectivity index (χ1v) is 10.6. The number of anilines is 3. The Morgan fingerprint density at radius 1 is 1.06 bits per heavy atom. The van der Waals surface area contributed by atoms with Crippen LogP contribution >= 0.6 is 0 Å². The van der Waals surface area contributed by atoms with Crippen LogP contribution in [0.5, 0.6) is 11.5 Å². The lowest BCUT2D eigenvalue weighted by molar-refractivity contribution is -0.113. The number of halogens is 1. The van der Waals surface area contributed by atoms with Gasteiger partial charge in [-0.3, -0.25) is 4.79 Å². The number of hydrogen-bond donors (Lipinski definition) is 1. The predicted molar refractivity (Wildman–Crippen MR) is 131 cm³/mol. The van der Waals surface area contributed by atoms with Crippen LogP contribution in [0.3, 0.4) is 0 Å². The number of carbonyl (C=O) groups is 1. The Morgan fingerprint density at radius 2 is 1.91 bits per heavy atom. The van der Waals surface area contributed by atoms with Gasteiger partial charge in [0.2, 0.25) is 0 Å². The van der Waals surface area contributed by atoms with Crippen LogP contribution in [-0.4, -0.2) is 32.3 Å². The molecule has 172 valence electrons. The van der Waals surface area contributed by atoms with Gasteiger partial charge in [-0.2, -0.15) is 0 Å². The quantitative estimate of drug-likeness (QED) is 0.370. The summed E-state index contributed by atoms with van der Waals surface area (Å²) in [7, 11) is 1.63. The van der Waals surface area contributed by atoms with Gasteiger partial charge >= 0.3 is 5.91 Å². The molecular formula is C26H19FN6O2. The molecule has 8 nitrogen and oxygen atoms in total. The van der Waals surface area contributed by atoms with Gasteiger partial charge < -0.3 is 19.4 Å². The Hall–Kier alpha value is -4.97. The van der Waals surface area contributed by atoms with Crippen LogP contribution in [0, 0.1) is 17.7 Å². The number of nitrogens with one attached hydrogen (secondary N) is 1. The largest absolute Gasteiger partial charge is 0.457 e. The lowest BCUT2D eigenvalue weighted by atomic mass is 10.2. The number of carbonyl (C=O) groups excluding carboxylic acids is 1. The van der Waals surface area contributed by atoms with Crippen molar-refractivity contribution in [2.45, 2.75) is 6.92 Å². The molecule has 0 fully saturated rings. The summed E-state index contributed by atoms with van der Waals surface area (Å²) in [5, 5.41) is 3.65. The van der Waals surface area contributed by atoms with Crippen molar-refractivity contribution < 1.29 is 13.9 Å². The van der Waals surface area contributed by atoms with Gasteiger partial charge in [0.05, 0.1) is 11.2 Å². The van der Waals surface area contributed by atoms with Crippen molar-refractivity contribution in [3.05, 3.63) is 79.3 Å². The van der Waals surface area contributed by atoms with E-state index in [-0.39, 0.29) is 11.6 Å². The number of pyridine rings is 1. The highest BCUT2D eigenvalue weighted by Crippen LogP contribution is 2.30. The number of amides is 1. The summed E-state index contributed by atoms with van der Waals surface area (Å²) < 4.78 is 22.6. The molecule has 3 heterocycles. The molecule has 9 heteroatoms. The number of aromatic nitrogens is 4. The zero-order chi connectivity index (χ0) is 24.4. The van der Waals surface area contributed by atoms with Crippen LogP contribution in [0.15, 0.2) is 73.4 Å². The van der Waals surface area contributed by atoms with Gasteiger partial charge in [0, 0.05) is 48.8 Å². The minimum atomic E-state index is -0.516. The van der Waals surface area contributed by atoms with Crippen molar-refractivity contribution in [3.8, 4) is 23.3 Å². The van der Waals surface area contributed by atoms with Gasteiger partial charge in [-0.25, -0.2) is 19.3 Å². The van der Waals surface area contributed by atoms with E-state index in [0.717, 1.165) is 5.65 Å². The van der Waals surface area contributed by atoms with Gasteiger partial charge in [-0.1, -0.05) is 5.92 Å². The summed E-state index contributed by atoms with van der Waals surface area (Å²) in [6.07, 6.45) is 6.73. The molecule has 3 aromatic heterocycles. The summed E-state index contributed by atoms with van der Waals surface area (Å²) in [5.41, 5.74) is 2.20. The number of ether oxygens (including phenoxy) is 1. The van der Waals surface area contributed by atoms with Crippen LogP contribution in [-0.2, 0) is 4.79 Å². The maximum absolute atomic E-state index is 15.0. The maximum Gasteiger partial charge on any atom is 0.302 e. The zero-order valence-electron chi connectivity index (χ0n) is 18.9. The number of fused-ring (bicyclic) bond motifs is 2. The molecule has 0 saturated heterocycles. The van der Waals surface area contributed by atoms with Gasteiger partial charge in [-0.05, 0) is 49.2 Å². The highest BCUT2D eigenvalue weighted by molar-refractivity contribution is 6.06. The second-order valence-corrected chi connectivity index (χ2v) is 7.59. The van der Waals surface area contributed by atoms with E-state index in [9.17, 15) is 9.18 Å². The molecule has 5 aromatic rings. The molecule has 35 heavy (non-hydrogen) atoms. The SMILES string of the molecule is CC#CC(=O)N(C)c1ccc2ncnc(Nc3ccc(Oc4ccn5ccnc5c4)cc3F)c2c1. The number of benzene rings is 2. The third kappa shape index (κ3) is 4.45. The number of rotatable bonds is 5. The average Bonchev–Trinajstić information content (AvgIpc) is 3.33. The first-order chi connectivity index (χ1) is 17.0. The minimum absolute atomic E-state index is 0.216. The molecule has 0 atom stereocenters. The van der Waals surface area contributed by atoms with Crippen molar-refractivity contribution in [1.82, 2.24) is 19.4 Å². The van der Waals surface area contributed by atoms with Crippen LogP contribution in [0.2, 0.25) is 0 Å². The zero-order valence-corrected chi connectivity index (χ0v) is 18.9. The summed E-state index contributed by atoms with van der Waals surface area (Å²) in [4.78, 5) is 26.3. The summed E-state index contributed by atoms with van der Waals surface area (Å²) in [6.45, 7) is 1.60. The van der Waals surface area contributed by atoms with E-state index in [2.05, 4.69) is 32.1 Å². The molecular weight excluding hydrogens is 447 g/mol. The normalized spacial score (nSPS) is 10.6. The van der Waals surface area contributed by atoms with E-state index in [1.807, 2.05) is 16.8 Å². The van der Waals surface area contributed by atoms with Crippen molar-refractivity contribution >= 4 is 39.6 Å². The van der Waals surface area contributed by atoms with Crippen LogP contribution in [0.4, 0.5) is 21.6 Å². The fraction of sp³-hybridized carbons (Fsp3) is 0.0769. The molecule has 0 spiro atoms. The summed E-state index contributed by atoms with van der Waals surface area (Å²) in [6, 6.07) is 13.4. The van der Waals surface area contributed by atoms with E-state index < -0.39 is 5.82 Å². The molecule has 0 aliphatic heterocycles. The van der Waals surface area contributed by atoms with E-state index in [0.29, 0.717) is 33.9 Å². The third-order valence-electron chi connectivity index (χ3n) is 5.34. The molecule has 0 radical (unpaired) electrons. The van der Waals surface area contributed by atoms with Crippen molar-refractivity contribution in [1.29, 1.82) is 0 Å². The molecule has 5 rings (SSSR count). The van der Waals surface area contributed by atoms with Crippen molar-refractivity contribution in [2.75, 3.05) is 17.3 Å². The number of hydrogen-bond acceptors (Lipinski definition) is 6. The topological polar surface area (TPSA) is 84.7 Å². The standard InChI is InChI=1S/C26H19FN6O2/c1-3-4-25(34)32(2)17-5-7-22-20(13-17)26(30-16-29-22)31-23-8-6-18(14-21(23)27)35-19-9-11-33-12-10-28-24(33)15-19/h5-16H,1-2H3,(H,29,30,31). The minimum Gasteiger partial charge on any atom is -0.457 e. The molecule has 0 saturated carbocycles. The van der Waals surface area contributed by atoms with Crippen molar-refractivity contribution in [3.63, 3.8) is 0 Å². The van der Waals surface area contributed by atoms with E-state index >= 15 is 0 Å². The van der Waals surface area contributed by atoms with Crippen LogP contribution < -0.4 is 15.0 Å². The first-order valence-electron chi connectivity index (χ1n) is 10.6. The fourth-order valence-electron chi connectivity index (χ4n) is 3.54. The fourth-order valence-corrected chi connectivity index (χ4v) is 3.54. The molecule has 1 N–H and O–H groups in total. The Bertz CT molecular complexity index is 1640. The Balaban J connectivity index is 1.41. The number of imidazole rings is 1. The second kappa shape index (κ2) is 9.11. The highest BCUT2D eigenvalue weighted by Gasteiger charge is 2.13. The Kier molecular flexibility index (Phi) is 5.69. The highest BCUT2D eigenvalue weighted by atomic mass is 19.1. The molecule has 0 aliphatic carbocycles.